The number of hydrogen-bond donors (Lipinski definition) is 1. The maximum absolute atomic E-state index is 10.7. The van der Waals surface area contributed by atoms with Crippen molar-refractivity contribution < 1.29 is 9.53 Å². The van der Waals surface area contributed by atoms with Gasteiger partial charge in [-0.05, 0) is 13.3 Å². The van der Waals surface area contributed by atoms with Crippen molar-refractivity contribution in [1.82, 2.24) is 5.43 Å². The van der Waals surface area contributed by atoms with Gasteiger partial charge < -0.3 is 10.2 Å². The zero-order valence-corrected chi connectivity index (χ0v) is 8.38. The Balaban J connectivity index is 3.25. The molecule has 0 spiro atoms. The number of carbonyl (C=O) groups is 1. The van der Waals surface area contributed by atoms with Crippen LogP contribution in [0.3, 0.4) is 0 Å². The van der Waals surface area contributed by atoms with Crippen molar-refractivity contribution in [1.29, 1.82) is 0 Å². The molecule has 0 aliphatic rings. The van der Waals surface area contributed by atoms with E-state index in [1.165, 1.54) is 12.8 Å². The number of hydrogen-bond acceptors (Lipinski definition) is 4. The Labute approximate surface area is 79.3 Å². The monoisotopic (exact) mass is 186 g/mol. The van der Waals surface area contributed by atoms with Crippen LogP contribution in [0.25, 0.3) is 0 Å². The van der Waals surface area contributed by atoms with Crippen molar-refractivity contribution in [3.8, 4) is 0 Å². The number of nitrogens with zero attached hydrogens (tertiary/aromatic N) is 1. The summed E-state index contributed by atoms with van der Waals surface area (Å²) in [7, 11) is 0. The molecule has 0 bridgehead atoms. The van der Waals surface area contributed by atoms with E-state index in [2.05, 4.69) is 22.2 Å². The lowest BCUT2D eigenvalue weighted by atomic mass is 10.3. The van der Waals surface area contributed by atoms with Crippen LogP contribution in [0, 0.1) is 0 Å². The molecule has 0 aromatic rings. The van der Waals surface area contributed by atoms with Crippen LogP contribution in [0.4, 0.5) is 0 Å². The lowest BCUT2D eigenvalue weighted by Crippen LogP contribution is -2.12. The van der Waals surface area contributed by atoms with Gasteiger partial charge in [-0.15, -0.1) is 0 Å². The number of esters is 1. The summed E-state index contributed by atoms with van der Waals surface area (Å²) in [5.74, 6) is -0.398. The van der Waals surface area contributed by atoms with Gasteiger partial charge in [-0.1, -0.05) is 19.8 Å². The highest BCUT2D eigenvalue weighted by Gasteiger charge is 1.92. The average molecular weight is 186 g/mol. The van der Waals surface area contributed by atoms with Crippen LogP contribution in [-0.4, -0.2) is 25.3 Å². The van der Waals surface area contributed by atoms with Gasteiger partial charge in [-0.3, -0.25) is 0 Å². The molecule has 0 aromatic carbocycles. The lowest BCUT2D eigenvalue weighted by molar-refractivity contribution is -0.134. The summed E-state index contributed by atoms with van der Waals surface area (Å²) >= 11 is 0. The summed E-state index contributed by atoms with van der Waals surface area (Å²) in [4.78, 5) is 10.7. The fourth-order valence-corrected chi connectivity index (χ4v) is 0.796. The maximum Gasteiger partial charge on any atom is 0.351 e. The number of unbranched alkanes of at least 4 members (excludes halogenated alkanes) is 2. The fraction of sp³-hybridized carbons (Fsp3) is 0.778. The van der Waals surface area contributed by atoms with E-state index in [1.54, 1.807) is 6.92 Å². The summed E-state index contributed by atoms with van der Waals surface area (Å²) in [6, 6.07) is 0. The van der Waals surface area contributed by atoms with Crippen molar-refractivity contribution in [3.05, 3.63) is 0 Å². The van der Waals surface area contributed by atoms with Crippen molar-refractivity contribution in [2.45, 2.75) is 33.1 Å². The van der Waals surface area contributed by atoms with Crippen molar-refractivity contribution in [2.24, 2.45) is 5.10 Å². The van der Waals surface area contributed by atoms with E-state index in [0.717, 1.165) is 19.2 Å². The Morgan fingerprint density at radius 2 is 2.23 bits per heavy atom. The van der Waals surface area contributed by atoms with Gasteiger partial charge in [0.05, 0.1) is 6.61 Å². The third-order valence-electron chi connectivity index (χ3n) is 1.44. The topological polar surface area (TPSA) is 50.7 Å². The summed E-state index contributed by atoms with van der Waals surface area (Å²) in [5, 5.41) is 3.71. The van der Waals surface area contributed by atoms with Gasteiger partial charge in [0.15, 0.2) is 0 Å². The van der Waals surface area contributed by atoms with Crippen LogP contribution >= 0.6 is 0 Å². The molecular weight excluding hydrogens is 168 g/mol. The van der Waals surface area contributed by atoms with Crippen molar-refractivity contribution in [2.75, 3.05) is 13.2 Å². The first-order chi connectivity index (χ1) is 6.31. The molecule has 4 heteroatoms. The van der Waals surface area contributed by atoms with Gasteiger partial charge in [0.1, 0.15) is 6.21 Å². The zero-order chi connectivity index (χ0) is 9.94. The number of carbonyl (C=O) groups excluding carboxylic acids is 1. The first-order valence-corrected chi connectivity index (χ1v) is 4.74. The van der Waals surface area contributed by atoms with Crippen LogP contribution in [0.5, 0.6) is 0 Å². The Morgan fingerprint density at radius 3 is 2.85 bits per heavy atom. The molecule has 0 radical (unpaired) electrons. The number of ether oxygens (including phenoxy) is 1. The maximum atomic E-state index is 10.7. The summed E-state index contributed by atoms with van der Waals surface area (Å²) in [5.41, 5.74) is 2.78. The van der Waals surface area contributed by atoms with E-state index in [0.29, 0.717) is 6.61 Å². The zero-order valence-electron chi connectivity index (χ0n) is 8.38. The molecule has 0 heterocycles. The van der Waals surface area contributed by atoms with Gasteiger partial charge >= 0.3 is 5.97 Å². The smallest absolute Gasteiger partial charge is 0.351 e. The van der Waals surface area contributed by atoms with Crippen LogP contribution in [-0.2, 0) is 9.53 Å². The molecule has 0 unspecified atom stereocenters. The molecule has 0 saturated carbocycles. The fourth-order valence-electron chi connectivity index (χ4n) is 0.796. The van der Waals surface area contributed by atoms with Crippen LogP contribution < -0.4 is 5.43 Å². The largest absolute Gasteiger partial charge is 0.462 e. The number of hydrazone groups is 1. The van der Waals surface area contributed by atoms with Crippen molar-refractivity contribution in [3.63, 3.8) is 0 Å². The van der Waals surface area contributed by atoms with Crippen LogP contribution in [0.1, 0.15) is 33.1 Å². The molecule has 0 saturated heterocycles. The van der Waals surface area contributed by atoms with Crippen LogP contribution in [0.2, 0.25) is 0 Å². The number of nitrogens with one attached hydrogen (secondary N) is 1. The lowest BCUT2D eigenvalue weighted by Gasteiger charge is -1.98. The van der Waals surface area contributed by atoms with E-state index in [9.17, 15) is 4.79 Å². The van der Waals surface area contributed by atoms with Gasteiger partial charge in [-0.2, -0.15) is 5.10 Å². The molecule has 0 fully saturated rings. The minimum atomic E-state index is -0.398. The molecule has 4 nitrogen and oxygen atoms in total. The van der Waals surface area contributed by atoms with Gasteiger partial charge in [0, 0.05) is 6.54 Å². The molecule has 0 atom stereocenters. The van der Waals surface area contributed by atoms with E-state index >= 15 is 0 Å². The Morgan fingerprint density at radius 1 is 1.46 bits per heavy atom. The molecule has 0 aromatic heterocycles. The van der Waals surface area contributed by atoms with E-state index in [-0.39, 0.29) is 0 Å². The standard InChI is InChI=1S/C9H18N2O2/c1-3-5-6-7-10-11-8-9(12)13-4-2/h8,10H,3-7H2,1-2H3. The molecule has 0 aliphatic heterocycles. The van der Waals surface area contributed by atoms with E-state index in [1.807, 2.05) is 0 Å². The van der Waals surface area contributed by atoms with Gasteiger partial charge in [0.2, 0.25) is 0 Å². The predicted molar refractivity (Wildman–Crippen MR) is 52.7 cm³/mol. The highest BCUT2D eigenvalue weighted by molar-refractivity contribution is 6.23. The van der Waals surface area contributed by atoms with E-state index < -0.39 is 5.97 Å². The average Bonchev–Trinajstić information content (AvgIpc) is 2.11. The van der Waals surface area contributed by atoms with Gasteiger partial charge in [-0.25, -0.2) is 4.79 Å². The Kier molecular flexibility index (Phi) is 8.30. The highest BCUT2D eigenvalue weighted by Crippen LogP contribution is 1.90. The second kappa shape index (κ2) is 9.03. The minimum absolute atomic E-state index is 0.390. The molecule has 13 heavy (non-hydrogen) atoms. The van der Waals surface area contributed by atoms with Gasteiger partial charge in [0.25, 0.3) is 0 Å². The highest BCUT2D eigenvalue weighted by atomic mass is 16.5. The molecule has 76 valence electrons. The Hall–Kier alpha value is -1.06. The second-order valence-electron chi connectivity index (χ2n) is 2.63. The molecular formula is C9H18N2O2. The summed E-state index contributed by atoms with van der Waals surface area (Å²) < 4.78 is 4.64. The SMILES string of the molecule is CCCCCNN=CC(=O)OCC. The third kappa shape index (κ3) is 8.85. The first kappa shape index (κ1) is 11.9. The van der Waals surface area contributed by atoms with E-state index in [4.69, 9.17) is 0 Å². The normalized spacial score (nSPS) is 10.3. The molecule has 0 amide bonds. The summed E-state index contributed by atoms with van der Waals surface area (Å²) in [6.07, 6.45) is 4.61. The predicted octanol–water partition coefficient (Wildman–Crippen LogP) is 1.32. The minimum Gasteiger partial charge on any atom is -0.462 e. The van der Waals surface area contributed by atoms with Crippen LogP contribution in [0.15, 0.2) is 5.10 Å². The second-order valence-corrected chi connectivity index (χ2v) is 2.63. The molecule has 1 N–H and O–H groups in total. The summed E-state index contributed by atoms with van der Waals surface area (Å²) in [6.45, 7) is 5.10. The molecule has 0 rings (SSSR count). The first-order valence-electron chi connectivity index (χ1n) is 4.74. The van der Waals surface area contributed by atoms with Crippen molar-refractivity contribution >= 4 is 12.2 Å². The third-order valence-corrected chi connectivity index (χ3v) is 1.44. The quantitative estimate of drug-likeness (QED) is 0.282. The number of rotatable bonds is 7. The Bertz CT molecular complexity index is 158. The molecule has 0 aliphatic carbocycles.